The Hall–Kier alpha value is -1.45. The summed E-state index contributed by atoms with van der Waals surface area (Å²) in [4.78, 5) is 0.108. The number of sulfonamides is 2. The van der Waals surface area contributed by atoms with Crippen molar-refractivity contribution in [3.8, 4) is 0 Å². The highest BCUT2D eigenvalue weighted by molar-refractivity contribution is 7.89. The zero-order valence-corrected chi connectivity index (χ0v) is 17.9. The van der Waals surface area contributed by atoms with E-state index in [0.717, 1.165) is 19.3 Å². The number of nitrogens with one attached hydrogen (secondary N) is 1. The molecule has 0 saturated carbocycles. The predicted molar refractivity (Wildman–Crippen MR) is 109 cm³/mol. The van der Waals surface area contributed by atoms with E-state index in [4.69, 9.17) is 11.6 Å². The van der Waals surface area contributed by atoms with Crippen LogP contribution in [0.3, 0.4) is 0 Å². The fourth-order valence-electron chi connectivity index (χ4n) is 3.24. The number of benzene rings is 2. The summed E-state index contributed by atoms with van der Waals surface area (Å²) in [6.45, 7) is 2.70. The normalized spacial score (nSPS) is 17.4. The topological polar surface area (TPSA) is 83.5 Å². The van der Waals surface area contributed by atoms with Crippen LogP contribution in [0.4, 0.5) is 0 Å². The van der Waals surface area contributed by atoms with E-state index in [9.17, 15) is 16.8 Å². The van der Waals surface area contributed by atoms with Crippen LogP contribution in [-0.2, 0) is 20.0 Å². The number of hydrogen-bond acceptors (Lipinski definition) is 4. The van der Waals surface area contributed by atoms with Crippen LogP contribution in [0.1, 0.15) is 37.8 Å². The van der Waals surface area contributed by atoms with Crippen molar-refractivity contribution < 1.29 is 16.8 Å². The zero-order chi connectivity index (χ0) is 20.4. The van der Waals surface area contributed by atoms with E-state index in [-0.39, 0.29) is 9.79 Å². The molecule has 3 rings (SSSR count). The van der Waals surface area contributed by atoms with Crippen molar-refractivity contribution in [3.05, 3.63) is 59.1 Å². The van der Waals surface area contributed by atoms with Crippen LogP contribution in [0, 0.1) is 0 Å². The van der Waals surface area contributed by atoms with Gasteiger partial charge in [-0.25, -0.2) is 21.6 Å². The predicted octanol–water partition coefficient (Wildman–Crippen LogP) is 3.55. The molecular formula is C19H23ClN2O4S2. The van der Waals surface area contributed by atoms with Gasteiger partial charge in [0.1, 0.15) is 0 Å². The smallest absolute Gasteiger partial charge is 0.207 e. The number of piperidine rings is 1. The molecule has 1 fully saturated rings. The Balaban J connectivity index is 1.79. The molecule has 1 heterocycles. The molecule has 1 atom stereocenters. The van der Waals surface area contributed by atoms with Gasteiger partial charge in [0, 0.05) is 24.2 Å². The van der Waals surface area contributed by atoms with E-state index < -0.39 is 26.1 Å². The third kappa shape index (κ3) is 4.58. The molecule has 1 unspecified atom stereocenters. The van der Waals surface area contributed by atoms with Crippen molar-refractivity contribution in [1.29, 1.82) is 0 Å². The Kier molecular flexibility index (Phi) is 6.46. The quantitative estimate of drug-likeness (QED) is 0.741. The van der Waals surface area contributed by atoms with E-state index in [1.54, 1.807) is 31.2 Å². The first-order valence-electron chi connectivity index (χ1n) is 9.09. The molecule has 28 heavy (non-hydrogen) atoms. The lowest BCUT2D eigenvalue weighted by Gasteiger charge is -2.25. The number of hydrogen-bond donors (Lipinski definition) is 1. The minimum absolute atomic E-state index is 0.00370. The first-order chi connectivity index (χ1) is 13.2. The Morgan fingerprint density at radius 3 is 2.07 bits per heavy atom. The van der Waals surface area contributed by atoms with Crippen LogP contribution in [-0.4, -0.2) is 34.2 Å². The largest absolute Gasteiger partial charge is 0.243 e. The molecule has 2 aromatic rings. The molecule has 1 N–H and O–H groups in total. The molecule has 9 heteroatoms. The zero-order valence-electron chi connectivity index (χ0n) is 15.5. The molecule has 1 saturated heterocycles. The van der Waals surface area contributed by atoms with Gasteiger partial charge in [0.05, 0.1) is 9.79 Å². The second-order valence-corrected chi connectivity index (χ2v) is 10.9. The van der Waals surface area contributed by atoms with E-state index in [0.29, 0.717) is 23.7 Å². The molecule has 0 aromatic heterocycles. The summed E-state index contributed by atoms with van der Waals surface area (Å²) < 4.78 is 54.8. The standard InChI is InChI=1S/C19H23ClN2O4S2/c1-15(18-7-3-4-8-19(18)20)21-27(23,24)16-9-11-17(12-10-16)28(25,26)22-13-5-2-6-14-22/h3-4,7-12,15,21H,2,5-6,13-14H2,1H3. The number of halogens is 1. The maximum atomic E-state index is 12.7. The highest BCUT2D eigenvalue weighted by Gasteiger charge is 2.27. The van der Waals surface area contributed by atoms with Gasteiger partial charge in [-0.1, -0.05) is 36.2 Å². The van der Waals surface area contributed by atoms with Crippen LogP contribution in [0.5, 0.6) is 0 Å². The maximum absolute atomic E-state index is 12.7. The molecule has 0 bridgehead atoms. The summed E-state index contributed by atoms with van der Waals surface area (Å²) in [6.07, 6.45) is 2.71. The van der Waals surface area contributed by atoms with Crippen molar-refractivity contribution in [2.24, 2.45) is 0 Å². The lowest BCUT2D eigenvalue weighted by atomic mass is 10.1. The van der Waals surface area contributed by atoms with Gasteiger partial charge >= 0.3 is 0 Å². The summed E-state index contributed by atoms with van der Waals surface area (Å²) in [6, 6.07) is 11.8. The lowest BCUT2D eigenvalue weighted by Crippen LogP contribution is -2.35. The SMILES string of the molecule is CC(NS(=O)(=O)c1ccc(S(=O)(=O)N2CCCCC2)cc1)c1ccccc1Cl. The van der Waals surface area contributed by atoms with Gasteiger partial charge in [-0.15, -0.1) is 0 Å². The van der Waals surface area contributed by atoms with Crippen molar-refractivity contribution in [3.63, 3.8) is 0 Å². The summed E-state index contributed by atoms with van der Waals surface area (Å²) in [5, 5.41) is 0.473. The lowest BCUT2D eigenvalue weighted by molar-refractivity contribution is 0.346. The van der Waals surface area contributed by atoms with Crippen LogP contribution in [0.25, 0.3) is 0 Å². The Bertz CT molecular complexity index is 1030. The number of rotatable bonds is 6. The summed E-state index contributed by atoms with van der Waals surface area (Å²) in [5.41, 5.74) is 0.664. The van der Waals surface area contributed by atoms with Crippen molar-refractivity contribution in [2.45, 2.75) is 42.0 Å². The van der Waals surface area contributed by atoms with Crippen LogP contribution in [0.2, 0.25) is 5.02 Å². The minimum atomic E-state index is -3.83. The van der Waals surface area contributed by atoms with Gasteiger partial charge in [-0.3, -0.25) is 0 Å². The van der Waals surface area contributed by atoms with E-state index in [1.165, 1.54) is 28.6 Å². The van der Waals surface area contributed by atoms with Crippen molar-refractivity contribution in [2.75, 3.05) is 13.1 Å². The first-order valence-corrected chi connectivity index (χ1v) is 12.4. The van der Waals surface area contributed by atoms with E-state index in [2.05, 4.69) is 4.72 Å². The highest BCUT2D eigenvalue weighted by Crippen LogP contribution is 2.25. The van der Waals surface area contributed by atoms with Crippen LogP contribution >= 0.6 is 11.6 Å². The van der Waals surface area contributed by atoms with Gasteiger partial charge in [-0.2, -0.15) is 4.31 Å². The molecule has 6 nitrogen and oxygen atoms in total. The van der Waals surface area contributed by atoms with Crippen molar-refractivity contribution in [1.82, 2.24) is 9.03 Å². The molecule has 0 amide bonds. The Morgan fingerprint density at radius 2 is 1.46 bits per heavy atom. The molecule has 0 radical (unpaired) electrons. The molecule has 0 aliphatic carbocycles. The molecule has 2 aromatic carbocycles. The van der Waals surface area contributed by atoms with Gasteiger partial charge in [0.25, 0.3) is 0 Å². The summed E-state index contributed by atoms with van der Waals surface area (Å²) in [5.74, 6) is 0. The third-order valence-corrected chi connectivity index (χ3v) is 8.60. The maximum Gasteiger partial charge on any atom is 0.243 e. The van der Waals surface area contributed by atoms with Gasteiger partial charge < -0.3 is 0 Å². The molecule has 1 aliphatic rings. The first kappa shape index (κ1) is 21.3. The Morgan fingerprint density at radius 1 is 0.893 bits per heavy atom. The average Bonchev–Trinajstić information content (AvgIpc) is 2.68. The molecule has 152 valence electrons. The van der Waals surface area contributed by atoms with Crippen LogP contribution < -0.4 is 4.72 Å². The van der Waals surface area contributed by atoms with Crippen LogP contribution in [0.15, 0.2) is 58.3 Å². The number of nitrogens with zero attached hydrogens (tertiary/aromatic N) is 1. The summed E-state index contributed by atoms with van der Waals surface area (Å²) >= 11 is 6.13. The minimum Gasteiger partial charge on any atom is -0.207 e. The fourth-order valence-corrected chi connectivity index (χ4v) is 6.27. The van der Waals surface area contributed by atoms with Gasteiger partial charge in [0.15, 0.2) is 0 Å². The van der Waals surface area contributed by atoms with Crippen molar-refractivity contribution >= 4 is 31.6 Å². The van der Waals surface area contributed by atoms with Gasteiger partial charge in [0.2, 0.25) is 20.0 Å². The van der Waals surface area contributed by atoms with E-state index in [1.807, 2.05) is 0 Å². The molecule has 0 spiro atoms. The highest BCUT2D eigenvalue weighted by atomic mass is 35.5. The third-order valence-electron chi connectivity index (χ3n) is 4.79. The second-order valence-electron chi connectivity index (χ2n) is 6.80. The summed E-state index contributed by atoms with van der Waals surface area (Å²) in [7, 11) is -7.42. The Labute approximate surface area is 171 Å². The average molecular weight is 443 g/mol. The fraction of sp³-hybridized carbons (Fsp3) is 0.368. The second kappa shape index (κ2) is 8.51. The van der Waals surface area contributed by atoms with Gasteiger partial charge in [-0.05, 0) is 55.7 Å². The molecule has 1 aliphatic heterocycles. The van der Waals surface area contributed by atoms with E-state index >= 15 is 0 Å². The molecular weight excluding hydrogens is 420 g/mol. The monoisotopic (exact) mass is 442 g/mol.